The van der Waals surface area contributed by atoms with E-state index in [-0.39, 0.29) is 0 Å². The van der Waals surface area contributed by atoms with Gasteiger partial charge in [-0.15, -0.1) is 0 Å². The van der Waals surface area contributed by atoms with Crippen LogP contribution >= 0.6 is 0 Å². The molecular formula is C14H20Si. The molecule has 2 rings (SSSR count). The molecule has 1 unspecified atom stereocenters. The Labute approximate surface area is 94.7 Å². The highest BCUT2D eigenvalue weighted by atomic mass is 28.3. The Morgan fingerprint density at radius 2 is 1.67 bits per heavy atom. The Bertz CT molecular complexity index is 314. The van der Waals surface area contributed by atoms with Gasteiger partial charge in [0.25, 0.3) is 0 Å². The average molecular weight is 216 g/mol. The van der Waals surface area contributed by atoms with Crippen LogP contribution in [-0.2, 0) is 0 Å². The molecule has 0 N–H and O–H groups in total. The number of allylic oxidation sites excluding steroid dienone is 8. The van der Waals surface area contributed by atoms with Crippen LogP contribution in [0.1, 0.15) is 33.1 Å². The predicted molar refractivity (Wildman–Crippen MR) is 70.5 cm³/mol. The first-order valence-corrected chi connectivity index (χ1v) is 7.86. The van der Waals surface area contributed by atoms with Gasteiger partial charge in [0.2, 0.25) is 0 Å². The molecule has 80 valence electrons. The monoisotopic (exact) mass is 216 g/mol. The quantitative estimate of drug-likeness (QED) is 0.626. The largest absolute Gasteiger partial charge is 0.0960 e. The van der Waals surface area contributed by atoms with E-state index in [1.807, 2.05) is 0 Å². The van der Waals surface area contributed by atoms with Crippen molar-refractivity contribution in [3.8, 4) is 0 Å². The summed E-state index contributed by atoms with van der Waals surface area (Å²) < 4.78 is 0. The van der Waals surface area contributed by atoms with Gasteiger partial charge in [-0.2, -0.15) is 0 Å². The van der Waals surface area contributed by atoms with Crippen molar-refractivity contribution in [1.82, 2.24) is 0 Å². The second kappa shape index (κ2) is 4.80. The van der Waals surface area contributed by atoms with Gasteiger partial charge in [0, 0.05) is 0 Å². The fourth-order valence-corrected chi connectivity index (χ4v) is 6.42. The first kappa shape index (κ1) is 10.7. The van der Waals surface area contributed by atoms with E-state index in [1.54, 1.807) is 10.4 Å². The summed E-state index contributed by atoms with van der Waals surface area (Å²) in [5.74, 6) is 0. The molecule has 0 saturated carbocycles. The minimum absolute atomic E-state index is 0.836. The summed E-state index contributed by atoms with van der Waals surface area (Å²) in [4.78, 5) is 0. The molecule has 0 saturated heterocycles. The van der Waals surface area contributed by atoms with Crippen molar-refractivity contribution in [2.75, 3.05) is 0 Å². The lowest BCUT2D eigenvalue weighted by atomic mass is 10.4. The van der Waals surface area contributed by atoms with E-state index in [1.165, 1.54) is 19.3 Å². The van der Waals surface area contributed by atoms with Crippen LogP contribution in [0.25, 0.3) is 0 Å². The summed E-state index contributed by atoms with van der Waals surface area (Å²) in [5, 5.41) is 3.50. The van der Waals surface area contributed by atoms with Crippen LogP contribution in [0.2, 0.25) is 5.54 Å². The maximum absolute atomic E-state index is 2.44. The molecule has 0 fully saturated rings. The van der Waals surface area contributed by atoms with Crippen molar-refractivity contribution >= 4 is 8.80 Å². The fourth-order valence-electron chi connectivity index (χ4n) is 2.59. The zero-order chi connectivity index (χ0) is 10.7. The van der Waals surface area contributed by atoms with Crippen molar-refractivity contribution in [2.24, 2.45) is 0 Å². The van der Waals surface area contributed by atoms with Gasteiger partial charge >= 0.3 is 0 Å². The van der Waals surface area contributed by atoms with Crippen molar-refractivity contribution in [1.29, 1.82) is 0 Å². The molecule has 0 aromatic carbocycles. The third kappa shape index (κ3) is 2.23. The maximum atomic E-state index is 2.44. The minimum atomic E-state index is -0.836. The van der Waals surface area contributed by atoms with Crippen LogP contribution in [0.4, 0.5) is 0 Å². The first-order valence-electron chi connectivity index (χ1n) is 6.04. The summed E-state index contributed by atoms with van der Waals surface area (Å²) in [7, 11) is -0.836. The highest BCUT2D eigenvalue weighted by Crippen LogP contribution is 2.32. The van der Waals surface area contributed by atoms with Crippen molar-refractivity contribution < 1.29 is 0 Å². The number of rotatable bonds is 4. The van der Waals surface area contributed by atoms with Gasteiger partial charge in [0.05, 0.1) is 8.80 Å². The molecule has 1 atom stereocenters. The smallest absolute Gasteiger partial charge is 0.0809 e. The molecule has 0 heterocycles. The second-order valence-electron chi connectivity index (χ2n) is 4.61. The zero-order valence-electron chi connectivity index (χ0n) is 9.74. The van der Waals surface area contributed by atoms with Gasteiger partial charge < -0.3 is 0 Å². The van der Waals surface area contributed by atoms with Gasteiger partial charge in [-0.3, -0.25) is 0 Å². The van der Waals surface area contributed by atoms with Crippen LogP contribution in [0.5, 0.6) is 0 Å². The second-order valence-corrected chi connectivity index (χ2v) is 8.19. The van der Waals surface area contributed by atoms with E-state index >= 15 is 0 Å². The van der Waals surface area contributed by atoms with E-state index in [0.717, 1.165) is 5.54 Å². The van der Waals surface area contributed by atoms with Crippen LogP contribution in [0.3, 0.4) is 0 Å². The molecule has 0 nitrogen and oxygen atoms in total. The molecular weight excluding hydrogens is 196 g/mol. The van der Waals surface area contributed by atoms with E-state index in [9.17, 15) is 0 Å². The molecule has 0 amide bonds. The number of hydrogen-bond acceptors (Lipinski definition) is 0. The SMILES string of the molecule is CCC(C)[SiH](C1=CC=CC1)C1=CC=CC1. The Morgan fingerprint density at radius 3 is 2.00 bits per heavy atom. The molecule has 15 heavy (non-hydrogen) atoms. The van der Waals surface area contributed by atoms with Crippen molar-refractivity contribution in [2.45, 2.75) is 38.7 Å². The summed E-state index contributed by atoms with van der Waals surface area (Å²) in [6, 6.07) is 0. The van der Waals surface area contributed by atoms with Gasteiger partial charge in [0.1, 0.15) is 0 Å². The molecule has 0 aliphatic heterocycles. The maximum Gasteiger partial charge on any atom is 0.0960 e. The highest BCUT2D eigenvalue weighted by Gasteiger charge is 2.26. The first-order chi connectivity index (χ1) is 7.33. The molecule has 0 radical (unpaired) electrons. The Kier molecular flexibility index (Phi) is 3.42. The molecule has 0 aromatic heterocycles. The molecule has 1 heteroatoms. The topological polar surface area (TPSA) is 0 Å². The van der Waals surface area contributed by atoms with Crippen LogP contribution in [-0.4, -0.2) is 8.80 Å². The van der Waals surface area contributed by atoms with E-state index < -0.39 is 8.80 Å². The average Bonchev–Trinajstić information content (AvgIpc) is 2.90. The van der Waals surface area contributed by atoms with Gasteiger partial charge in [-0.1, -0.05) is 67.1 Å². The molecule has 2 aliphatic rings. The van der Waals surface area contributed by atoms with E-state index in [0.29, 0.717) is 0 Å². The van der Waals surface area contributed by atoms with Crippen LogP contribution in [0.15, 0.2) is 46.8 Å². The standard InChI is InChI=1S/C14H20Si/c1-3-12(2)15(13-8-4-5-9-13)14-10-6-7-11-14/h4-8,10,12,15H,3,9,11H2,1-2H3. The lowest BCUT2D eigenvalue weighted by Gasteiger charge is -2.24. The van der Waals surface area contributed by atoms with Crippen molar-refractivity contribution in [3.63, 3.8) is 0 Å². The summed E-state index contributed by atoms with van der Waals surface area (Å²) in [5.41, 5.74) is 0.905. The fraction of sp³-hybridized carbons (Fsp3) is 0.429. The van der Waals surface area contributed by atoms with Crippen LogP contribution in [0, 0.1) is 0 Å². The molecule has 0 aromatic rings. The van der Waals surface area contributed by atoms with Gasteiger partial charge in [0.15, 0.2) is 0 Å². The third-order valence-electron chi connectivity index (χ3n) is 3.61. The predicted octanol–water partition coefficient (Wildman–Crippen LogP) is 3.86. The Balaban J connectivity index is 2.16. The summed E-state index contributed by atoms with van der Waals surface area (Å²) in [6.45, 7) is 4.77. The normalized spacial score (nSPS) is 21.0. The van der Waals surface area contributed by atoms with Gasteiger partial charge in [-0.05, 0) is 18.4 Å². The molecule has 0 spiro atoms. The van der Waals surface area contributed by atoms with E-state index in [2.05, 4.69) is 50.3 Å². The lowest BCUT2D eigenvalue weighted by molar-refractivity contribution is 0.856. The third-order valence-corrected chi connectivity index (χ3v) is 7.68. The number of hydrogen-bond donors (Lipinski definition) is 0. The minimum Gasteiger partial charge on any atom is -0.0809 e. The Morgan fingerprint density at radius 1 is 1.13 bits per heavy atom. The molecule has 0 bridgehead atoms. The highest BCUT2D eigenvalue weighted by molar-refractivity contribution is 6.75. The zero-order valence-corrected chi connectivity index (χ0v) is 10.9. The summed E-state index contributed by atoms with van der Waals surface area (Å²) in [6.07, 6.45) is 17.6. The molecule has 2 aliphatic carbocycles. The lowest BCUT2D eigenvalue weighted by Crippen LogP contribution is -2.24. The summed E-state index contributed by atoms with van der Waals surface area (Å²) >= 11 is 0. The van der Waals surface area contributed by atoms with E-state index in [4.69, 9.17) is 0 Å². The van der Waals surface area contributed by atoms with Gasteiger partial charge in [-0.25, -0.2) is 0 Å². The Hall–Kier alpha value is -0.823. The van der Waals surface area contributed by atoms with Crippen molar-refractivity contribution in [3.05, 3.63) is 46.8 Å². The van der Waals surface area contributed by atoms with Crippen LogP contribution < -0.4 is 0 Å².